The Labute approximate surface area is 118 Å². The van der Waals surface area contributed by atoms with E-state index in [1.165, 1.54) is 10.5 Å². The van der Waals surface area contributed by atoms with Crippen LogP contribution in [0.15, 0.2) is 30.3 Å². The van der Waals surface area contributed by atoms with E-state index in [1.807, 2.05) is 18.2 Å². The second kappa shape index (κ2) is 6.93. The van der Waals surface area contributed by atoms with Gasteiger partial charge in [-0.15, -0.1) is 0 Å². The average Bonchev–Trinajstić information content (AvgIpc) is 2.94. The summed E-state index contributed by atoms with van der Waals surface area (Å²) in [6.45, 7) is 1.10. The first kappa shape index (κ1) is 14.4. The molecule has 2 N–H and O–H groups in total. The van der Waals surface area contributed by atoms with Crippen molar-refractivity contribution in [1.29, 1.82) is 0 Å². The van der Waals surface area contributed by atoms with Crippen LogP contribution in [0.25, 0.3) is 0 Å². The average molecular weight is 276 g/mol. The van der Waals surface area contributed by atoms with Gasteiger partial charge in [-0.3, -0.25) is 0 Å². The molecule has 5 heteroatoms. The monoisotopic (exact) mass is 276 g/mol. The Morgan fingerprint density at radius 2 is 2.05 bits per heavy atom. The number of urea groups is 1. The molecule has 0 spiro atoms. The molecule has 1 fully saturated rings. The Hall–Kier alpha value is -2.04. The molecule has 20 heavy (non-hydrogen) atoms. The first-order chi connectivity index (χ1) is 9.68. The Bertz CT molecular complexity index is 461. The summed E-state index contributed by atoms with van der Waals surface area (Å²) in [4.78, 5) is 24.4. The molecule has 1 aromatic carbocycles. The number of likely N-dealkylation sites (tertiary alicyclic amines) is 1. The van der Waals surface area contributed by atoms with Crippen LogP contribution in [0.5, 0.6) is 0 Å². The fraction of sp³-hybridized carbons (Fsp3) is 0.467. The molecule has 1 heterocycles. The molecule has 1 aromatic rings. The maximum atomic E-state index is 11.9. The first-order valence-corrected chi connectivity index (χ1v) is 6.99. The zero-order chi connectivity index (χ0) is 14.4. The standard InChI is InChI=1S/C15H20N2O3/c18-14(19)13-9-5-11-17(13)15(20)16-10-4-8-12-6-2-1-3-7-12/h1-3,6-7,13H,4-5,8-11H2,(H,16,20)(H,18,19)/t13-/m1/s1. The number of carbonyl (C=O) groups is 2. The third-order valence-electron chi connectivity index (χ3n) is 3.56. The molecule has 108 valence electrons. The van der Waals surface area contributed by atoms with E-state index in [1.54, 1.807) is 0 Å². The maximum Gasteiger partial charge on any atom is 0.326 e. The maximum absolute atomic E-state index is 11.9. The summed E-state index contributed by atoms with van der Waals surface area (Å²) >= 11 is 0. The Balaban J connectivity index is 1.71. The Kier molecular flexibility index (Phi) is 4.98. The molecule has 0 saturated carbocycles. The van der Waals surface area contributed by atoms with E-state index < -0.39 is 12.0 Å². The van der Waals surface area contributed by atoms with Gasteiger partial charge in [0, 0.05) is 13.1 Å². The highest BCUT2D eigenvalue weighted by atomic mass is 16.4. The minimum absolute atomic E-state index is 0.261. The van der Waals surface area contributed by atoms with Crippen LogP contribution in [0, 0.1) is 0 Å². The highest BCUT2D eigenvalue weighted by Gasteiger charge is 2.33. The fourth-order valence-corrected chi connectivity index (χ4v) is 2.50. The number of carbonyl (C=O) groups excluding carboxylic acids is 1. The lowest BCUT2D eigenvalue weighted by atomic mass is 10.1. The number of aliphatic carboxylic acids is 1. The predicted molar refractivity (Wildman–Crippen MR) is 75.5 cm³/mol. The van der Waals surface area contributed by atoms with Crippen molar-refractivity contribution in [2.24, 2.45) is 0 Å². The number of rotatable bonds is 5. The van der Waals surface area contributed by atoms with Gasteiger partial charge in [-0.25, -0.2) is 9.59 Å². The fourth-order valence-electron chi connectivity index (χ4n) is 2.50. The number of aryl methyl sites for hydroxylation is 1. The van der Waals surface area contributed by atoms with E-state index >= 15 is 0 Å². The van der Waals surface area contributed by atoms with E-state index in [9.17, 15) is 9.59 Å². The van der Waals surface area contributed by atoms with Crippen LogP contribution in [0.2, 0.25) is 0 Å². The second-order valence-electron chi connectivity index (χ2n) is 5.01. The molecule has 0 bridgehead atoms. The van der Waals surface area contributed by atoms with Crippen LogP contribution < -0.4 is 5.32 Å². The molecule has 1 aliphatic rings. The summed E-state index contributed by atoms with van der Waals surface area (Å²) in [6.07, 6.45) is 3.06. The van der Waals surface area contributed by atoms with Crippen molar-refractivity contribution < 1.29 is 14.7 Å². The summed E-state index contributed by atoms with van der Waals surface area (Å²) in [5.41, 5.74) is 1.24. The molecule has 1 saturated heterocycles. The summed E-state index contributed by atoms with van der Waals surface area (Å²) in [6, 6.07) is 9.16. The SMILES string of the molecule is O=C(O)[C@H]1CCCN1C(=O)NCCCc1ccccc1. The van der Waals surface area contributed by atoms with Crippen LogP contribution >= 0.6 is 0 Å². The molecule has 1 atom stereocenters. The first-order valence-electron chi connectivity index (χ1n) is 6.99. The molecular weight excluding hydrogens is 256 g/mol. The van der Waals surface area contributed by atoms with Crippen LogP contribution in [-0.2, 0) is 11.2 Å². The van der Waals surface area contributed by atoms with Crippen LogP contribution in [0.3, 0.4) is 0 Å². The highest BCUT2D eigenvalue weighted by molar-refractivity contribution is 5.83. The van der Waals surface area contributed by atoms with Gasteiger partial charge in [0.15, 0.2) is 0 Å². The number of carboxylic acid groups (broad SMARTS) is 1. The van der Waals surface area contributed by atoms with Crippen molar-refractivity contribution in [1.82, 2.24) is 10.2 Å². The van der Waals surface area contributed by atoms with Gasteiger partial charge in [-0.1, -0.05) is 30.3 Å². The minimum Gasteiger partial charge on any atom is -0.480 e. The largest absolute Gasteiger partial charge is 0.480 e. The molecule has 0 unspecified atom stereocenters. The number of hydrogen-bond donors (Lipinski definition) is 2. The minimum atomic E-state index is -0.915. The third-order valence-corrected chi connectivity index (χ3v) is 3.56. The highest BCUT2D eigenvalue weighted by Crippen LogP contribution is 2.17. The molecule has 1 aliphatic heterocycles. The summed E-state index contributed by atoms with van der Waals surface area (Å²) < 4.78 is 0. The van der Waals surface area contributed by atoms with Crippen LogP contribution in [0.4, 0.5) is 4.79 Å². The van der Waals surface area contributed by atoms with Gasteiger partial charge < -0.3 is 15.3 Å². The molecule has 2 amide bonds. The zero-order valence-corrected chi connectivity index (χ0v) is 11.4. The van der Waals surface area contributed by atoms with Gasteiger partial charge in [0.1, 0.15) is 6.04 Å². The van der Waals surface area contributed by atoms with E-state index in [0.29, 0.717) is 19.5 Å². The molecule has 5 nitrogen and oxygen atoms in total. The second-order valence-corrected chi connectivity index (χ2v) is 5.01. The van der Waals surface area contributed by atoms with Gasteiger partial charge in [0.25, 0.3) is 0 Å². The number of hydrogen-bond acceptors (Lipinski definition) is 2. The summed E-state index contributed by atoms with van der Waals surface area (Å²) in [5, 5.41) is 11.8. The van der Waals surface area contributed by atoms with Gasteiger partial charge in [0.2, 0.25) is 0 Å². The van der Waals surface area contributed by atoms with Crippen LogP contribution in [0.1, 0.15) is 24.8 Å². The lowest BCUT2D eigenvalue weighted by Crippen LogP contribution is -2.46. The lowest BCUT2D eigenvalue weighted by Gasteiger charge is -2.21. The van der Waals surface area contributed by atoms with E-state index in [2.05, 4.69) is 17.4 Å². The van der Waals surface area contributed by atoms with Gasteiger partial charge in [0.05, 0.1) is 0 Å². The van der Waals surface area contributed by atoms with E-state index in [4.69, 9.17) is 5.11 Å². The Morgan fingerprint density at radius 3 is 2.75 bits per heavy atom. The van der Waals surface area contributed by atoms with E-state index in [-0.39, 0.29) is 6.03 Å². The normalized spacial score (nSPS) is 18.0. The predicted octanol–water partition coefficient (Wildman–Crippen LogP) is 1.88. The molecule has 0 radical (unpaired) electrons. The quantitative estimate of drug-likeness (QED) is 0.807. The smallest absolute Gasteiger partial charge is 0.326 e. The lowest BCUT2D eigenvalue weighted by molar-refractivity contribution is -0.141. The van der Waals surface area contributed by atoms with Crippen molar-refractivity contribution in [2.45, 2.75) is 31.7 Å². The number of benzene rings is 1. The third kappa shape index (κ3) is 3.73. The van der Waals surface area contributed by atoms with Crippen molar-refractivity contribution in [2.75, 3.05) is 13.1 Å². The van der Waals surface area contributed by atoms with Gasteiger partial charge in [-0.2, -0.15) is 0 Å². The number of carboxylic acids is 1. The van der Waals surface area contributed by atoms with Crippen LogP contribution in [-0.4, -0.2) is 41.1 Å². The Morgan fingerprint density at radius 1 is 1.30 bits per heavy atom. The van der Waals surface area contributed by atoms with Crippen molar-refractivity contribution in [3.05, 3.63) is 35.9 Å². The van der Waals surface area contributed by atoms with Crippen molar-refractivity contribution >= 4 is 12.0 Å². The molecule has 0 aliphatic carbocycles. The summed E-state index contributed by atoms with van der Waals surface area (Å²) in [7, 11) is 0. The van der Waals surface area contributed by atoms with E-state index in [0.717, 1.165) is 19.3 Å². The number of nitrogens with one attached hydrogen (secondary N) is 1. The van der Waals surface area contributed by atoms with Crippen molar-refractivity contribution in [3.63, 3.8) is 0 Å². The summed E-state index contributed by atoms with van der Waals surface area (Å²) in [5.74, 6) is -0.915. The van der Waals surface area contributed by atoms with Gasteiger partial charge >= 0.3 is 12.0 Å². The zero-order valence-electron chi connectivity index (χ0n) is 11.4. The molecule has 0 aromatic heterocycles. The van der Waals surface area contributed by atoms with Crippen molar-refractivity contribution in [3.8, 4) is 0 Å². The molecule has 2 rings (SSSR count). The number of amides is 2. The topological polar surface area (TPSA) is 69.6 Å². The molecular formula is C15H20N2O3. The number of nitrogens with zero attached hydrogens (tertiary/aromatic N) is 1. The van der Waals surface area contributed by atoms with Gasteiger partial charge in [-0.05, 0) is 31.2 Å².